The maximum Gasteiger partial charge on any atom is 0.256 e. The minimum atomic E-state index is -2.83. The normalized spacial score (nSPS) is 17.4. The number of nitrogens with zero attached hydrogens (tertiary/aromatic N) is 1. The standard InChI is InChI=1S/C16H16F4NO2S.Y/c1-9-3-4-13(21(16(9)22)7-14(19)20)15-11(17)5-10(6-12(15)18)23-8-24-2;/h5-6,9,14H,3,7-8H2,1-2H3;/q-1;. The summed E-state index contributed by atoms with van der Waals surface area (Å²) in [5.41, 5.74) is -0.836. The van der Waals surface area contributed by atoms with E-state index in [1.807, 2.05) is 0 Å². The van der Waals surface area contributed by atoms with Gasteiger partial charge in [-0.05, 0) is 18.4 Å². The molecule has 1 amide bonds. The summed E-state index contributed by atoms with van der Waals surface area (Å²) < 4.78 is 59.4. The van der Waals surface area contributed by atoms with Crippen LogP contribution >= 0.6 is 11.8 Å². The molecule has 1 unspecified atom stereocenters. The third-order valence-electron chi connectivity index (χ3n) is 3.45. The van der Waals surface area contributed by atoms with Gasteiger partial charge in [0.1, 0.15) is 11.7 Å². The number of benzene rings is 1. The molecule has 1 heterocycles. The summed E-state index contributed by atoms with van der Waals surface area (Å²) >= 11 is 1.33. The van der Waals surface area contributed by atoms with Gasteiger partial charge in [-0.2, -0.15) is 0 Å². The summed E-state index contributed by atoms with van der Waals surface area (Å²) in [6.07, 6.45) is 1.72. The zero-order chi connectivity index (χ0) is 17.9. The van der Waals surface area contributed by atoms with Crippen molar-refractivity contribution >= 4 is 23.4 Å². The van der Waals surface area contributed by atoms with Gasteiger partial charge in [-0.25, -0.2) is 23.6 Å². The molecular formula is C16H16F4NO2SY-. The quantitative estimate of drug-likeness (QED) is 0.373. The number of allylic oxidation sites excluding steroid dienone is 1. The molecule has 3 nitrogen and oxygen atoms in total. The minimum absolute atomic E-state index is 0. The smallest absolute Gasteiger partial charge is 0.256 e. The molecule has 0 saturated heterocycles. The molecule has 0 aromatic heterocycles. The Bertz CT molecular complexity index is 634. The predicted octanol–water partition coefficient (Wildman–Crippen LogP) is 3.94. The fraction of sp³-hybridized carbons (Fsp3) is 0.438. The first-order valence-electron chi connectivity index (χ1n) is 7.16. The number of ether oxygens (including phenoxy) is 1. The molecule has 1 aromatic rings. The molecule has 2 rings (SSSR count). The summed E-state index contributed by atoms with van der Waals surface area (Å²) in [5.74, 6) is -2.96. The van der Waals surface area contributed by atoms with Gasteiger partial charge in [0.15, 0.2) is 0 Å². The van der Waals surface area contributed by atoms with Crippen LogP contribution in [-0.4, -0.2) is 36.0 Å². The maximum atomic E-state index is 14.3. The molecule has 0 saturated carbocycles. The van der Waals surface area contributed by atoms with Crippen molar-refractivity contribution in [1.29, 1.82) is 0 Å². The number of hydrogen-bond acceptors (Lipinski definition) is 3. The summed E-state index contributed by atoms with van der Waals surface area (Å²) in [4.78, 5) is 12.8. The summed E-state index contributed by atoms with van der Waals surface area (Å²) in [7, 11) is 0. The second-order valence-electron chi connectivity index (χ2n) is 5.28. The number of hydrogen-bond donors (Lipinski definition) is 0. The average molecular weight is 451 g/mol. The Hall–Kier alpha value is -0.596. The summed E-state index contributed by atoms with van der Waals surface area (Å²) in [6.45, 7) is 0.617. The molecule has 1 atom stereocenters. The SMILES string of the molecule is CSCOc1cc(F)c(C2=[C-]CC(C)C(=O)N2CC(F)F)c(F)c1.[Y]. The Balaban J connectivity index is 0.00000312. The zero-order valence-corrected chi connectivity index (χ0v) is 17.3. The minimum Gasteiger partial charge on any atom is -0.483 e. The van der Waals surface area contributed by atoms with Crippen LogP contribution in [0.25, 0.3) is 5.70 Å². The number of carbonyl (C=O) groups is 1. The first-order valence-corrected chi connectivity index (χ1v) is 8.56. The summed E-state index contributed by atoms with van der Waals surface area (Å²) in [5, 5.41) is 0. The second kappa shape index (κ2) is 9.92. The van der Waals surface area contributed by atoms with Crippen molar-refractivity contribution in [3.8, 4) is 5.75 Å². The van der Waals surface area contributed by atoms with Crippen LogP contribution < -0.4 is 4.74 Å². The molecule has 1 aliphatic heterocycles. The topological polar surface area (TPSA) is 29.5 Å². The van der Waals surface area contributed by atoms with Crippen LogP contribution in [0.5, 0.6) is 5.75 Å². The molecule has 1 aromatic carbocycles. The fourth-order valence-electron chi connectivity index (χ4n) is 2.34. The van der Waals surface area contributed by atoms with Gasteiger partial charge in [0.25, 0.3) is 6.43 Å². The molecule has 0 aliphatic carbocycles. The van der Waals surface area contributed by atoms with E-state index in [0.29, 0.717) is 4.90 Å². The first kappa shape index (κ1) is 22.4. The van der Waals surface area contributed by atoms with Crippen molar-refractivity contribution < 1.29 is 59.8 Å². The molecule has 0 bridgehead atoms. The number of carbonyl (C=O) groups excluding carboxylic acids is 1. The molecule has 0 N–H and O–H groups in total. The van der Waals surface area contributed by atoms with Gasteiger partial charge in [0, 0.05) is 38.6 Å². The fourth-order valence-corrected chi connectivity index (χ4v) is 2.59. The Kier molecular flexibility index (Phi) is 8.91. The van der Waals surface area contributed by atoms with Crippen molar-refractivity contribution in [3.63, 3.8) is 0 Å². The largest absolute Gasteiger partial charge is 0.483 e. The van der Waals surface area contributed by atoms with E-state index in [4.69, 9.17) is 4.74 Å². The van der Waals surface area contributed by atoms with Gasteiger partial charge in [-0.15, -0.1) is 17.5 Å². The van der Waals surface area contributed by atoms with Gasteiger partial charge in [0.2, 0.25) is 5.91 Å². The number of amides is 1. The van der Waals surface area contributed by atoms with Gasteiger partial charge < -0.3 is 9.64 Å². The second-order valence-corrected chi connectivity index (χ2v) is 6.10. The maximum absolute atomic E-state index is 14.3. The zero-order valence-electron chi connectivity index (χ0n) is 13.7. The number of thioether (sulfide) groups is 1. The molecule has 135 valence electrons. The van der Waals surface area contributed by atoms with Crippen LogP contribution in [0.4, 0.5) is 17.6 Å². The van der Waals surface area contributed by atoms with E-state index in [2.05, 4.69) is 6.08 Å². The van der Waals surface area contributed by atoms with Crippen LogP contribution in [0.2, 0.25) is 0 Å². The van der Waals surface area contributed by atoms with Crippen LogP contribution in [-0.2, 0) is 37.5 Å². The Labute approximate surface area is 173 Å². The van der Waals surface area contributed by atoms with Crippen molar-refractivity contribution in [2.75, 3.05) is 18.7 Å². The Morgan fingerprint density at radius 3 is 2.48 bits per heavy atom. The van der Waals surface area contributed by atoms with Crippen molar-refractivity contribution in [2.45, 2.75) is 19.8 Å². The third-order valence-corrected chi connectivity index (χ3v) is 3.80. The van der Waals surface area contributed by atoms with Gasteiger partial charge in [0.05, 0.1) is 18.2 Å². The van der Waals surface area contributed by atoms with Crippen LogP contribution in [0.3, 0.4) is 0 Å². The van der Waals surface area contributed by atoms with Crippen LogP contribution in [0.15, 0.2) is 12.1 Å². The molecule has 25 heavy (non-hydrogen) atoms. The number of alkyl halides is 2. The third kappa shape index (κ3) is 5.44. The van der Waals surface area contributed by atoms with Gasteiger partial charge in [-0.3, -0.25) is 4.79 Å². The summed E-state index contributed by atoms with van der Waals surface area (Å²) in [6, 6.07) is 1.93. The van der Waals surface area contributed by atoms with Gasteiger partial charge in [-0.1, -0.05) is 18.9 Å². The van der Waals surface area contributed by atoms with Crippen LogP contribution in [0.1, 0.15) is 18.9 Å². The van der Waals surface area contributed by atoms with Crippen molar-refractivity contribution in [3.05, 3.63) is 35.4 Å². The van der Waals surface area contributed by atoms with E-state index in [1.54, 1.807) is 13.2 Å². The van der Waals surface area contributed by atoms with Crippen LogP contribution in [0, 0.1) is 23.6 Å². The molecule has 0 fully saturated rings. The van der Waals surface area contributed by atoms with Crippen molar-refractivity contribution in [1.82, 2.24) is 4.90 Å². The van der Waals surface area contributed by atoms with E-state index in [0.717, 1.165) is 12.1 Å². The number of rotatable bonds is 6. The van der Waals surface area contributed by atoms with E-state index >= 15 is 0 Å². The Morgan fingerprint density at radius 2 is 1.96 bits per heavy atom. The molecular weight excluding hydrogens is 435 g/mol. The predicted molar refractivity (Wildman–Crippen MR) is 83.5 cm³/mol. The monoisotopic (exact) mass is 451 g/mol. The average Bonchev–Trinajstić information content (AvgIpc) is 2.51. The molecule has 0 spiro atoms. The van der Waals surface area contributed by atoms with E-state index in [9.17, 15) is 22.4 Å². The van der Waals surface area contributed by atoms with E-state index in [-0.39, 0.29) is 56.5 Å². The van der Waals surface area contributed by atoms with Crippen molar-refractivity contribution in [2.24, 2.45) is 5.92 Å². The van der Waals surface area contributed by atoms with Gasteiger partial charge >= 0.3 is 0 Å². The molecule has 1 aliphatic rings. The molecule has 9 heteroatoms. The Morgan fingerprint density at radius 1 is 1.36 bits per heavy atom. The number of halogens is 4. The molecule has 1 radical (unpaired) electrons. The van der Waals surface area contributed by atoms with E-state index in [1.165, 1.54) is 11.8 Å². The van der Waals surface area contributed by atoms with E-state index < -0.39 is 42.0 Å². The first-order chi connectivity index (χ1) is 11.3.